The van der Waals surface area contributed by atoms with E-state index in [4.69, 9.17) is 14.2 Å². The standard InChI is InChI=1S/C23H22N4O3/c1-15-4-6-17(24-11-15)14-30-18-7-8-19(21(10-18)28-2)20-13-26-23(27-20)16-5-9-22(29-3)25-12-16/h4-13H,14H2,1-3H3,(H,26,27). The summed E-state index contributed by atoms with van der Waals surface area (Å²) in [5, 5.41) is 0. The van der Waals surface area contributed by atoms with Gasteiger partial charge in [0, 0.05) is 35.7 Å². The van der Waals surface area contributed by atoms with Gasteiger partial charge < -0.3 is 19.2 Å². The van der Waals surface area contributed by atoms with Crippen LogP contribution in [-0.4, -0.2) is 34.2 Å². The molecule has 0 saturated heterocycles. The molecule has 1 aromatic carbocycles. The fraction of sp³-hybridized carbons (Fsp3) is 0.174. The second-order valence-corrected chi connectivity index (χ2v) is 6.71. The number of hydrogen-bond acceptors (Lipinski definition) is 6. The van der Waals surface area contributed by atoms with E-state index in [1.807, 2.05) is 49.5 Å². The largest absolute Gasteiger partial charge is 0.496 e. The minimum absolute atomic E-state index is 0.390. The molecular formula is C23H22N4O3. The first-order valence-corrected chi connectivity index (χ1v) is 9.44. The quantitative estimate of drug-likeness (QED) is 0.492. The third-order valence-corrected chi connectivity index (χ3v) is 4.62. The summed E-state index contributed by atoms with van der Waals surface area (Å²) < 4.78 is 16.6. The van der Waals surface area contributed by atoms with Crippen LogP contribution in [0.25, 0.3) is 22.6 Å². The molecule has 0 spiro atoms. The van der Waals surface area contributed by atoms with E-state index in [0.29, 0.717) is 29.8 Å². The van der Waals surface area contributed by atoms with Crippen molar-refractivity contribution in [2.75, 3.05) is 14.2 Å². The summed E-state index contributed by atoms with van der Waals surface area (Å²) in [6.07, 6.45) is 5.32. The van der Waals surface area contributed by atoms with E-state index < -0.39 is 0 Å². The van der Waals surface area contributed by atoms with Gasteiger partial charge >= 0.3 is 0 Å². The number of methoxy groups -OCH3 is 2. The molecule has 3 heterocycles. The van der Waals surface area contributed by atoms with Crippen molar-refractivity contribution in [1.82, 2.24) is 19.9 Å². The van der Waals surface area contributed by atoms with Crippen molar-refractivity contribution in [1.29, 1.82) is 0 Å². The molecule has 0 aliphatic rings. The second kappa shape index (κ2) is 8.65. The van der Waals surface area contributed by atoms with Crippen LogP contribution in [0.1, 0.15) is 11.3 Å². The van der Waals surface area contributed by atoms with Gasteiger partial charge in [0.25, 0.3) is 0 Å². The van der Waals surface area contributed by atoms with E-state index in [1.54, 1.807) is 32.7 Å². The van der Waals surface area contributed by atoms with E-state index >= 15 is 0 Å². The van der Waals surface area contributed by atoms with E-state index in [0.717, 1.165) is 28.1 Å². The van der Waals surface area contributed by atoms with Crippen LogP contribution in [-0.2, 0) is 6.61 Å². The number of aromatic amines is 1. The predicted octanol–water partition coefficient (Wildman–Crippen LogP) is 4.44. The van der Waals surface area contributed by atoms with Crippen molar-refractivity contribution in [3.63, 3.8) is 0 Å². The Morgan fingerprint density at radius 1 is 0.867 bits per heavy atom. The molecule has 4 rings (SSSR count). The number of aromatic nitrogens is 4. The van der Waals surface area contributed by atoms with Gasteiger partial charge in [-0.2, -0.15) is 0 Å². The van der Waals surface area contributed by atoms with Crippen LogP contribution in [0.3, 0.4) is 0 Å². The molecule has 3 aromatic heterocycles. The fourth-order valence-corrected chi connectivity index (χ4v) is 2.97. The van der Waals surface area contributed by atoms with Crippen LogP contribution in [0.15, 0.2) is 61.1 Å². The number of rotatable bonds is 7. The van der Waals surface area contributed by atoms with Gasteiger partial charge in [0.1, 0.15) is 23.9 Å². The zero-order valence-corrected chi connectivity index (χ0v) is 17.0. The molecule has 0 bridgehead atoms. The molecule has 1 N–H and O–H groups in total. The SMILES string of the molecule is COc1ccc(-c2ncc(-c3ccc(OCc4ccc(C)cn4)cc3OC)[nH]2)cn1. The van der Waals surface area contributed by atoms with Crippen molar-refractivity contribution in [3.8, 4) is 40.0 Å². The van der Waals surface area contributed by atoms with Gasteiger partial charge in [-0.05, 0) is 36.8 Å². The van der Waals surface area contributed by atoms with Crippen LogP contribution in [0.2, 0.25) is 0 Å². The van der Waals surface area contributed by atoms with Gasteiger partial charge in [-0.25, -0.2) is 9.97 Å². The Morgan fingerprint density at radius 3 is 2.47 bits per heavy atom. The summed E-state index contributed by atoms with van der Waals surface area (Å²) in [4.78, 5) is 16.4. The third-order valence-electron chi connectivity index (χ3n) is 4.62. The van der Waals surface area contributed by atoms with E-state index in [2.05, 4.69) is 19.9 Å². The van der Waals surface area contributed by atoms with Crippen molar-refractivity contribution in [3.05, 3.63) is 72.3 Å². The first-order valence-electron chi connectivity index (χ1n) is 9.44. The summed E-state index contributed by atoms with van der Waals surface area (Å²) in [7, 11) is 3.22. The van der Waals surface area contributed by atoms with E-state index in [1.165, 1.54) is 0 Å². The predicted molar refractivity (Wildman–Crippen MR) is 114 cm³/mol. The Kier molecular flexibility index (Phi) is 5.61. The number of nitrogens with zero attached hydrogens (tertiary/aromatic N) is 3. The van der Waals surface area contributed by atoms with Crippen molar-refractivity contribution in [2.45, 2.75) is 13.5 Å². The maximum absolute atomic E-state index is 5.87. The van der Waals surface area contributed by atoms with E-state index in [9.17, 15) is 0 Å². The number of benzene rings is 1. The highest BCUT2D eigenvalue weighted by Gasteiger charge is 2.12. The Labute approximate surface area is 174 Å². The lowest BCUT2D eigenvalue weighted by Crippen LogP contribution is -1.99. The number of nitrogens with one attached hydrogen (secondary N) is 1. The van der Waals surface area contributed by atoms with Crippen LogP contribution in [0.4, 0.5) is 0 Å². The highest BCUT2D eigenvalue weighted by Crippen LogP contribution is 2.33. The fourth-order valence-electron chi connectivity index (χ4n) is 2.97. The minimum atomic E-state index is 0.390. The van der Waals surface area contributed by atoms with Gasteiger partial charge in [0.2, 0.25) is 5.88 Å². The lowest BCUT2D eigenvalue weighted by molar-refractivity contribution is 0.299. The number of H-pyrrole nitrogens is 1. The van der Waals surface area contributed by atoms with Crippen molar-refractivity contribution in [2.24, 2.45) is 0 Å². The van der Waals surface area contributed by atoms with Crippen LogP contribution in [0, 0.1) is 6.92 Å². The summed E-state index contributed by atoms with van der Waals surface area (Å²) in [5.41, 5.74) is 4.58. The summed E-state index contributed by atoms with van der Waals surface area (Å²) in [6, 6.07) is 13.4. The molecule has 0 aliphatic carbocycles. The number of imidazole rings is 1. The van der Waals surface area contributed by atoms with E-state index in [-0.39, 0.29) is 0 Å². The van der Waals surface area contributed by atoms with Gasteiger partial charge in [0.15, 0.2) is 0 Å². The Morgan fingerprint density at radius 2 is 1.77 bits per heavy atom. The van der Waals surface area contributed by atoms with Crippen LogP contribution < -0.4 is 14.2 Å². The molecule has 7 heteroatoms. The zero-order chi connectivity index (χ0) is 20.9. The Hall–Kier alpha value is -3.87. The summed E-state index contributed by atoms with van der Waals surface area (Å²) in [5.74, 6) is 2.67. The number of pyridine rings is 2. The van der Waals surface area contributed by atoms with Crippen LogP contribution >= 0.6 is 0 Å². The molecule has 30 heavy (non-hydrogen) atoms. The van der Waals surface area contributed by atoms with Crippen molar-refractivity contribution >= 4 is 0 Å². The first-order chi connectivity index (χ1) is 14.7. The minimum Gasteiger partial charge on any atom is -0.496 e. The third kappa shape index (κ3) is 4.25. The van der Waals surface area contributed by atoms with Crippen molar-refractivity contribution < 1.29 is 14.2 Å². The molecule has 0 atom stereocenters. The lowest BCUT2D eigenvalue weighted by Gasteiger charge is -2.11. The Bertz CT molecular complexity index is 1120. The average Bonchev–Trinajstić information content (AvgIpc) is 3.28. The number of hydrogen-bond donors (Lipinski definition) is 1. The lowest BCUT2D eigenvalue weighted by atomic mass is 10.1. The highest BCUT2D eigenvalue weighted by molar-refractivity contribution is 5.70. The molecular weight excluding hydrogens is 380 g/mol. The number of aryl methyl sites for hydroxylation is 1. The first kappa shape index (κ1) is 19.4. The van der Waals surface area contributed by atoms with Gasteiger partial charge in [-0.3, -0.25) is 4.98 Å². The molecule has 0 saturated carbocycles. The van der Waals surface area contributed by atoms with Gasteiger partial charge in [0.05, 0.1) is 31.8 Å². The smallest absolute Gasteiger partial charge is 0.212 e. The number of ether oxygens (including phenoxy) is 3. The topological polar surface area (TPSA) is 82.1 Å². The van der Waals surface area contributed by atoms with Gasteiger partial charge in [-0.15, -0.1) is 0 Å². The molecule has 7 nitrogen and oxygen atoms in total. The highest BCUT2D eigenvalue weighted by atomic mass is 16.5. The van der Waals surface area contributed by atoms with Gasteiger partial charge in [-0.1, -0.05) is 6.07 Å². The Balaban J connectivity index is 1.52. The zero-order valence-electron chi connectivity index (χ0n) is 17.0. The molecule has 4 aromatic rings. The normalized spacial score (nSPS) is 10.6. The summed E-state index contributed by atoms with van der Waals surface area (Å²) in [6.45, 7) is 2.40. The molecule has 0 fully saturated rings. The second-order valence-electron chi connectivity index (χ2n) is 6.71. The molecule has 0 unspecified atom stereocenters. The molecule has 0 amide bonds. The average molecular weight is 402 g/mol. The monoisotopic (exact) mass is 402 g/mol. The molecule has 0 radical (unpaired) electrons. The summed E-state index contributed by atoms with van der Waals surface area (Å²) >= 11 is 0. The molecule has 0 aliphatic heterocycles. The molecule has 152 valence electrons. The maximum Gasteiger partial charge on any atom is 0.212 e. The van der Waals surface area contributed by atoms with Crippen LogP contribution in [0.5, 0.6) is 17.4 Å². The maximum atomic E-state index is 5.87.